The average molecular weight is 355 g/mol. The lowest BCUT2D eigenvalue weighted by atomic mass is 9.81. The van der Waals surface area contributed by atoms with Crippen LogP contribution in [0.3, 0.4) is 0 Å². The van der Waals surface area contributed by atoms with Crippen LogP contribution in [-0.2, 0) is 10.2 Å². The van der Waals surface area contributed by atoms with Crippen LogP contribution in [0, 0.1) is 10.1 Å². The van der Waals surface area contributed by atoms with Crippen LogP contribution >= 0.6 is 0 Å². The first-order valence-corrected chi connectivity index (χ1v) is 8.45. The molecule has 0 bridgehead atoms. The molecule has 1 saturated heterocycles. The highest BCUT2D eigenvalue weighted by molar-refractivity contribution is 6.13. The Morgan fingerprint density at radius 2 is 1.85 bits per heavy atom. The third-order valence-corrected chi connectivity index (χ3v) is 4.23. The van der Waals surface area contributed by atoms with Crippen molar-refractivity contribution in [2.75, 3.05) is 13.2 Å². The topological polar surface area (TPSA) is 82.0 Å². The molecule has 0 saturated carbocycles. The van der Waals surface area contributed by atoms with Gasteiger partial charge in [0.2, 0.25) is 0 Å². The summed E-state index contributed by atoms with van der Waals surface area (Å²) in [7, 11) is 0. The number of benzene rings is 2. The van der Waals surface area contributed by atoms with E-state index in [1.807, 2.05) is 32.9 Å². The fraction of sp³-hybridized carbons (Fsp3) is 0.350. The van der Waals surface area contributed by atoms with Gasteiger partial charge in [-0.3, -0.25) is 14.9 Å². The second-order valence-corrected chi connectivity index (χ2v) is 7.30. The molecular formula is C20H21NO5. The standard InChI is InChI=1S/C20H21NO5/c1-20(2,3)16-9-5-4-7-14(16)19(22)15-8-6-10-17(18(15)21(23)24)26-12-13-11-25-13/h4-10,13H,11-12H2,1-3H3. The molecule has 136 valence electrons. The van der Waals surface area contributed by atoms with Gasteiger partial charge in [0, 0.05) is 5.56 Å². The summed E-state index contributed by atoms with van der Waals surface area (Å²) in [5, 5.41) is 11.7. The van der Waals surface area contributed by atoms with E-state index >= 15 is 0 Å². The van der Waals surface area contributed by atoms with Crippen molar-refractivity contribution in [3.63, 3.8) is 0 Å². The maximum atomic E-state index is 13.2. The number of ketones is 1. The van der Waals surface area contributed by atoms with Gasteiger partial charge in [-0.2, -0.15) is 0 Å². The zero-order chi connectivity index (χ0) is 18.9. The number of rotatable bonds is 6. The zero-order valence-corrected chi connectivity index (χ0v) is 15.0. The molecule has 6 nitrogen and oxygen atoms in total. The van der Waals surface area contributed by atoms with Gasteiger partial charge >= 0.3 is 5.69 Å². The predicted molar refractivity (Wildman–Crippen MR) is 96.9 cm³/mol. The van der Waals surface area contributed by atoms with Crippen molar-refractivity contribution in [2.24, 2.45) is 0 Å². The molecule has 0 spiro atoms. The molecule has 2 aromatic rings. The fourth-order valence-corrected chi connectivity index (χ4v) is 2.84. The van der Waals surface area contributed by atoms with Gasteiger partial charge in [0.05, 0.1) is 11.5 Å². The number of epoxide rings is 1. The summed E-state index contributed by atoms with van der Waals surface area (Å²) in [6.07, 6.45) is -0.0319. The van der Waals surface area contributed by atoms with Crippen molar-refractivity contribution < 1.29 is 19.2 Å². The fourth-order valence-electron chi connectivity index (χ4n) is 2.84. The summed E-state index contributed by atoms with van der Waals surface area (Å²) < 4.78 is 10.6. The van der Waals surface area contributed by atoms with Crippen LogP contribution in [0.5, 0.6) is 5.75 Å². The van der Waals surface area contributed by atoms with Gasteiger partial charge in [0.25, 0.3) is 0 Å². The van der Waals surface area contributed by atoms with Crippen molar-refractivity contribution in [2.45, 2.75) is 32.3 Å². The van der Waals surface area contributed by atoms with E-state index in [0.29, 0.717) is 12.2 Å². The van der Waals surface area contributed by atoms with Gasteiger partial charge in [-0.1, -0.05) is 51.1 Å². The molecule has 1 heterocycles. The van der Waals surface area contributed by atoms with E-state index in [0.717, 1.165) is 5.56 Å². The van der Waals surface area contributed by atoms with Gasteiger partial charge in [0.15, 0.2) is 11.5 Å². The van der Waals surface area contributed by atoms with Gasteiger partial charge in [-0.25, -0.2) is 0 Å². The molecule has 0 radical (unpaired) electrons. The SMILES string of the molecule is CC(C)(C)c1ccccc1C(=O)c1cccc(OCC2CO2)c1[N+](=O)[O-]. The van der Waals surface area contributed by atoms with Crippen molar-refractivity contribution in [1.29, 1.82) is 0 Å². The van der Waals surface area contributed by atoms with Crippen LogP contribution in [0.25, 0.3) is 0 Å². The van der Waals surface area contributed by atoms with Gasteiger partial charge in [-0.05, 0) is 23.1 Å². The third kappa shape index (κ3) is 3.75. The number of nitro benzene ring substituents is 1. The molecule has 26 heavy (non-hydrogen) atoms. The Balaban J connectivity index is 2.05. The normalized spacial score (nSPS) is 16.2. The van der Waals surface area contributed by atoms with E-state index in [4.69, 9.17) is 9.47 Å². The highest BCUT2D eigenvalue weighted by Gasteiger charge is 2.31. The number of carbonyl (C=O) groups excluding carboxylic acids is 1. The molecule has 0 aliphatic carbocycles. The zero-order valence-electron chi connectivity index (χ0n) is 15.0. The molecule has 0 amide bonds. The monoisotopic (exact) mass is 355 g/mol. The number of ether oxygens (including phenoxy) is 2. The minimum atomic E-state index is -0.560. The molecule has 1 fully saturated rings. The van der Waals surface area contributed by atoms with Crippen LogP contribution in [0.15, 0.2) is 42.5 Å². The molecule has 6 heteroatoms. The molecule has 0 N–H and O–H groups in total. The van der Waals surface area contributed by atoms with Crippen LogP contribution in [0.4, 0.5) is 5.69 Å². The Labute approximate surface area is 151 Å². The summed E-state index contributed by atoms with van der Waals surface area (Å²) in [4.78, 5) is 24.3. The first kappa shape index (κ1) is 18.1. The van der Waals surface area contributed by atoms with Crippen molar-refractivity contribution in [3.8, 4) is 5.75 Å². The number of nitro groups is 1. The number of hydrogen-bond donors (Lipinski definition) is 0. The van der Waals surface area contributed by atoms with Crippen LogP contribution in [0.1, 0.15) is 42.3 Å². The summed E-state index contributed by atoms with van der Waals surface area (Å²) in [5.41, 5.74) is 0.767. The largest absolute Gasteiger partial charge is 0.484 e. The first-order valence-electron chi connectivity index (χ1n) is 8.45. The molecular weight excluding hydrogens is 334 g/mol. The lowest BCUT2D eigenvalue weighted by Gasteiger charge is -2.22. The maximum Gasteiger partial charge on any atom is 0.322 e. The molecule has 1 aliphatic heterocycles. The molecule has 1 unspecified atom stereocenters. The quantitative estimate of drug-likeness (QED) is 0.340. The Bertz CT molecular complexity index is 850. The Morgan fingerprint density at radius 3 is 2.46 bits per heavy atom. The molecule has 3 rings (SSSR count). The van der Waals surface area contributed by atoms with Crippen LogP contribution in [-0.4, -0.2) is 30.0 Å². The molecule has 0 aromatic heterocycles. The van der Waals surface area contributed by atoms with Gasteiger partial charge in [-0.15, -0.1) is 0 Å². The van der Waals surface area contributed by atoms with Crippen LogP contribution in [0.2, 0.25) is 0 Å². The third-order valence-electron chi connectivity index (χ3n) is 4.23. The Morgan fingerprint density at radius 1 is 1.19 bits per heavy atom. The smallest absolute Gasteiger partial charge is 0.322 e. The van der Waals surface area contributed by atoms with Crippen molar-refractivity contribution in [1.82, 2.24) is 0 Å². The van der Waals surface area contributed by atoms with Crippen LogP contribution < -0.4 is 4.74 Å². The minimum absolute atomic E-state index is 0.0286. The Hall–Kier alpha value is -2.73. The second-order valence-electron chi connectivity index (χ2n) is 7.30. The minimum Gasteiger partial charge on any atom is -0.484 e. The summed E-state index contributed by atoms with van der Waals surface area (Å²) in [6.45, 7) is 6.83. The first-order chi connectivity index (χ1) is 12.3. The lowest BCUT2D eigenvalue weighted by molar-refractivity contribution is -0.386. The lowest BCUT2D eigenvalue weighted by Crippen LogP contribution is -2.18. The summed E-state index contributed by atoms with van der Waals surface area (Å²) in [6, 6.07) is 11.8. The second kappa shape index (κ2) is 6.88. The van der Waals surface area contributed by atoms with E-state index < -0.39 is 4.92 Å². The highest BCUT2D eigenvalue weighted by Crippen LogP contribution is 2.35. The summed E-state index contributed by atoms with van der Waals surface area (Å²) in [5.74, 6) is -0.292. The average Bonchev–Trinajstić information content (AvgIpc) is 3.42. The van der Waals surface area contributed by atoms with E-state index in [-0.39, 0.29) is 40.9 Å². The van der Waals surface area contributed by atoms with Crippen molar-refractivity contribution >= 4 is 11.5 Å². The summed E-state index contributed by atoms with van der Waals surface area (Å²) >= 11 is 0. The van der Waals surface area contributed by atoms with E-state index in [2.05, 4.69) is 0 Å². The van der Waals surface area contributed by atoms with Crippen molar-refractivity contribution in [3.05, 3.63) is 69.3 Å². The van der Waals surface area contributed by atoms with E-state index in [1.165, 1.54) is 12.1 Å². The number of carbonyl (C=O) groups is 1. The molecule has 1 atom stereocenters. The van der Waals surface area contributed by atoms with E-state index in [9.17, 15) is 14.9 Å². The molecule has 2 aromatic carbocycles. The molecule has 1 aliphatic rings. The van der Waals surface area contributed by atoms with E-state index in [1.54, 1.807) is 18.2 Å². The number of hydrogen-bond acceptors (Lipinski definition) is 5. The number of nitrogens with zero attached hydrogens (tertiary/aromatic N) is 1. The predicted octanol–water partition coefficient (Wildman–Crippen LogP) is 3.90. The number of para-hydroxylation sites is 1. The van der Waals surface area contributed by atoms with Gasteiger partial charge in [0.1, 0.15) is 18.3 Å². The highest BCUT2D eigenvalue weighted by atomic mass is 16.6. The Kier molecular flexibility index (Phi) is 4.78. The van der Waals surface area contributed by atoms with Gasteiger partial charge < -0.3 is 9.47 Å². The maximum absolute atomic E-state index is 13.2.